The molecule has 0 radical (unpaired) electrons. The van der Waals surface area contributed by atoms with Gasteiger partial charge < -0.3 is 14.5 Å². The quantitative estimate of drug-likeness (QED) is 0.912. The Hall–Kier alpha value is -2.21. The van der Waals surface area contributed by atoms with Crippen LogP contribution in [0.3, 0.4) is 0 Å². The molecule has 1 saturated heterocycles. The molecule has 1 N–H and O–H groups in total. The van der Waals surface area contributed by atoms with E-state index in [1.54, 1.807) is 19.3 Å². The second-order valence-corrected chi connectivity index (χ2v) is 5.81. The summed E-state index contributed by atoms with van der Waals surface area (Å²) in [6, 6.07) is 3.96. The molecule has 1 aliphatic rings. The maximum Gasteiger partial charge on any atom is 0.289 e. The first-order valence-corrected chi connectivity index (χ1v) is 7.91. The Bertz CT molecular complexity index is 669. The van der Waals surface area contributed by atoms with E-state index in [9.17, 15) is 4.79 Å². The van der Waals surface area contributed by atoms with Gasteiger partial charge >= 0.3 is 0 Å². The number of nitrogens with one attached hydrogen (secondary N) is 1. The molecule has 1 aliphatic heterocycles. The van der Waals surface area contributed by atoms with Crippen molar-refractivity contribution in [2.75, 3.05) is 13.2 Å². The third-order valence-corrected chi connectivity index (χ3v) is 4.11. The van der Waals surface area contributed by atoms with E-state index in [1.165, 1.54) is 5.56 Å². The first-order chi connectivity index (χ1) is 11.2. The third kappa shape index (κ3) is 3.59. The van der Waals surface area contributed by atoms with Crippen molar-refractivity contribution in [3.8, 4) is 0 Å². The molecule has 0 saturated carbocycles. The minimum atomic E-state index is -0.218. The van der Waals surface area contributed by atoms with Crippen molar-refractivity contribution in [2.24, 2.45) is 5.92 Å². The average Bonchev–Trinajstić information content (AvgIpc) is 3.15. The molecule has 6 nitrogen and oxygen atoms in total. The SMILES string of the molecule is CCc1nc(C)c(C(=O)N[C@H]2COC[C@H]2Cc2ccncc2)o1. The fourth-order valence-corrected chi connectivity index (χ4v) is 2.83. The predicted molar refractivity (Wildman–Crippen MR) is 84.1 cm³/mol. The number of aromatic nitrogens is 2. The number of amides is 1. The highest BCUT2D eigenvalue weighted by atomic mass is 16.5. The maximum absolute atomic E-state index is 12.4. The van der Waals surface area contributed by atoms with Crippen molar-refractivity contribution in [1.29, 1.82) is 0 Å². The Labute approximate surface area is 135 Å². The standard InChI is InChI=1S/C17H21N3O3/c1-3-15-19-11(2)16(23-15)17(21)20-14-10-22-9-13(14)8-12-4-6-18-7-5-12/h4-7,13-14H,3,8-10H2,1-2H3,(H,20,21)/t13-,14+/m1/s1. The summed E-state index contributed by atoms with van der Waals surface area (Å²) in [6.45, 7) is 4.90. The molecule has 2 atom stereocenters. The van der Waals surface area contributed by atoms with Crippen LogP contribution in [0.1, 0.15) is 34.6 Å². The summed E-state index contributed by atoms with van der Waals surface area (Å²) in [7, 11) is 0. The normalized spacial score (nSPS) is 20.6. The summed E-state index contributed by atoms with van der Waals surface area (Å²) in [6.07, 6.45) is 5.08. The summed E-state index contributed by atoms with van der Waals surface area (Å²) < 4.78 is 11.1. The number of aryl methyl sites for hydroxylation is 2. The van der Waals surface area contributed by atoms with Crippen LogP contribution in [0.25, 0.3) is 0 Å². The molecule has 2 aromatic rings. The van der Waals surface area contributed by atoms with Gasteiger partial charge in [0.05, 0.1) is 24.9 Å². The minimum absolute atomic E-state index is 0.0229. The van der Waals surface area contributed by atoms with Gasteiger partial charge in [-0.3, -0.25) is 9.78 Å². The van der Waals surface area contributed by atoms with Gasteiger partial charge in [0.15, 0.2) is 5.89 Å². The van der Waals surface area contributed by atoms with Crippen LogP contribution < -0.4 is 5.32 Å². The van der Waals surface area contributed by atoms with E-state index in [0.717, 1.165) is 6.42 Å². The van der Waals surface area contributed by atoms with E-state index in [0.29, 0.717) is 37.0 Å². The van der Waals surface area contributed by atoms with Crippen molar-refractivity contribution in [1.82, 2.24) is 15.3 Å². The second kappa shape index (κ2) is 6.91. The molecule has 23 heavy (non-hydrogen) atoms. The van der Waals surface area contributed by atoms with Gasteiger partial charge in [-0.15, -0.1) is 0 Å². The predicted octanol–water partition coefficient (Wildman–Crippen LogP) is 1.93. The highest BCUT2D eigenvalue weighted by Gasteiger charge is 2.31. The monoisotopic (exact) mass is 315 g/mol. The van der Waals surface area contributed by atoms with Crippen LogP contribution in [0.2, 0.25) is 0 Å². The van der Waals surface area contributed by atoms with Gasteiger partial charge in [-0.05, 0) is 31.0 Å². The molecule has 1 fully saturated rings. The van der Waals surface area contributed by atoms with E-state index in [1.807, 2.05) is 19.1 Å². The average molecular weight is 315 g/mol. The van der Waals surface area contributed by atoms with Gasteiger partial charge in [0.25, 0.3) is 5.91 Å². The van der Waals surface area contributed by atoms with Gasteiger partial charge in [-0.2, -0.15) is 0 Å². The number of pyridine rings is 1. The van der Waals surface area contributed by atoms with E-state index < -0.39 is 0 Å². The first kappa shape index (κ1) is 15.7. The van der Waals surface area contributed by atoms with Crippen LogP contribution in [0.15, 0.2) is 28.9 Å². The molecular weight excluding hydrogens is 294 g/mol. The topological polar surface area (TPSA) is 77.2 Å². The molecule has 0 spiro atoms. The van der Waals surface area contributed by atoms with E-state index in [2.05, 4.69) is 15.3 Å². The number of carbonyl (C=O) groups excluding carboxylic acids is 1. The van der Waals surface area contributed by atoms with Crippen LogP contribution in [0.4, 0.5) is 0 Å². The highest BCUT2D eigenvalue weighted by molar-refractivity contribution is 5.92. The molecule has 2 aromatic heterocycles. The lowest BCUT2D eigenvalue weighted by Crippen LogP contribution is -2.40. The number of ether oxygens (including phenoxy) is 1. The number of nitrogens with zero attached hydrogens (tertiary/aromatic N) is 2. The number of hydrogen-bond donors (Lipinski definition) is 1. The van der Waals surface area contributed by atoms with Gasteiger partial charge in [-0.1, -0.05) is 6.92 Å². The van der Waals surface area contributed by atoms with Crippen LogP contribution in [-0.2, 0) is 17.6 Å². The Kier molecular flexibility index (Phi) is 4.71. The van der Waals surface area contributed by atoms with Crippen molar-refractivity contribution in [3.05, 3.63) is 47.4 Å². The Balaban J connectivity index is 1.66. The fraction of sp³-hybridized carbons (Fsp3) is 0.471. The Morgan fingerprint density at radius 3 is 2.83 bits per heavy atom. The Morgan fingerprint density at radius 1 is 1.35 bits per heavy atom. The summed E-state index contributed by atoms with van der Waals surface area (Å²) in [4.78, 5) is 20.7. The molecule has 3 heterocycles. The third-order valence-electron chi connectivity index (χ3n) is 4.11. The first-order valence-electron chi connectivity index (χ1n) is 7.91. The molecule has 6 heteroatoms. The lowest BCUT2D eigenvalue weighted by atomic mass is 9.95. The number of carbonyl (C=O) groups is 1. The number of oxazole rings is 1. The smallest absolute Gasteiger partial charge is 0.289 e. The second-order valence-electron chi connectivity index (χ2n) is 5.81. The zero-order chi connectivity index (χ0) is 16.2. The van der Waals surface area contributed by atoms with Crippen molar-refractivity contribution >= 4 is 5.91 Å². The molecule has 0 bridgehead atoms. The Morgan fingerprint density at radius 2 is 2.13 bits per heavy atom. The van der Waals surface area contributed by atoms with Crippen molar-refractivity contribution in [2.45, 2.75) is 32.7 Å². The van der Waals surface area contributed by atoms with Gasteiger partial charge in [0.1, 0.15) is 0 Å². The summed E-state index contributed by atoms with van der Waals surface area (Å²) in [5.74, 6) is 0.917. The minimum Gasteiger partial charge on any atom is -0.435 e. The maximum atomic E-state index is 12.4. The van der Waals surface area contributed by atoms with Crippen molar-refractivity contribution in [3.63, 3.8) is 0 Å². The van der Waals surface area contributed by atoms with E-state index >= 15 is 0 Å². The number of hydrogen-bond acceptors (Lipinski definition) is 5. The van der Waals surface area contributed by atoms with Gasteiger partial charge in [0.2, 0.25) is 5.76 Å². The van der Waals surface area contributed by atoms with Crippen LogP contribution >= 0.6 is 0 Å². The summed E-state index contributed by atoms with van der Waals surface area (Å²) in [5, 5.41) is 3.03. The van der Waals surface area contributed by atoms with Crippen LogP contribution in [-0.4, -0.2) is 35.1 Å². The van der Waals surface area contributed by atoms with Crippen LogP contribution in [0.5, 0.6) is 0 Å². The molecule has 122 valence electrons. The molecule has 0 aliphatic carbocycles. The molecular formula is C17H21N3O3. The lowest BCUT2D eigenvalue weighted by Gasteiger charge is -2.18. The van der Waals surface area contributed by atoms with Gasteiger partial charge in [0, 0.05) is 24.7 Å². The van der Waals surface area contributed by atoms with E-state index in [4.69, 9.17) is 9.15 Å². The summed E-state index contributed by atoms with van der Waals surface area (Å²) >= 11 is 0. The molecule has 0 unspecified atom stereocenters. The summed E-state index contributed by atoms with van der Waals surface area (Å²) in [5.41, 5.74) is 1.82. The molecule has 1 amide bonds. The zero-order valence-electron chi connectivity index (χ0n) is 13.4. The van der Waals surface area contributed by atoms with E-state index in [-0.39, 0.29) is 17.9 Å². The van der Waals surface area contributed by atoms with Gasteiger partial charge in [-0.25, -0.2) is 4.98 Å². The largest absolute Gasteiger partial charge is 0.435 e. The highest BCUT2D eigenvalue weighted by Crippen LogP contribution is 2.20. The zero-order valence-corrected chi connectivity index (χ0v) is 13.4. The van der Waals surface area contributed by atoms with Crippen LogP contribution in [0, 0.1) is 12.8 Å². The van der Waals surface area contributed by atoms with Crippen molar-refractivity contribution < 1.29 is 13.9 Å². The lowest BCUT2D eigenvalue weighted by molar-refractivity contribution is 0.0894. The molecule has 0 aromatic carbocycles. The number of rotatable bonds is 5. The fourth-order valence-electron chi connectivity index (χ4n) is 2.83. The molecule has 3 rings (SSSR count).